The van der Waals surface area contributed by atoms with Crippen molar-refractivity contribution < 1.29 is 27.9 Å². The van der Waals surface area contributed by atoms with Crippen LogP contribution in [0.1, 0.15) is 11.1 Å². The maximum Gasteiger partial charge on any atom is 0.490 e. The Balaban J connectivity index is 0.000000383. The van der Waals surface area contributed by atoms with Gasteiger partial charge in [-0.3, -0.25) is 9.69 Å². The number of alkyl halides is 3. The van der Waals surface area contributed by atoms with Gasteiger partial charge in [0.05, 0.1) is 0 Å². The van der Waals surface area contributed by atoms with E-state index in [4.69, 9.17) is 15.6 Å². The number of nitrogens with two attached hydrogens (primary N) is 1. The van der Waals surface area contributed by atoms with Crippen molar-refractivity contribution in [1.29, 1.82) is 0 Å². The Bertz CT molecular complexity index is 1190. The quantitative estimate of drug-likeness (QED) is 0.624. The molecule has 0 aliphatic carbocycles. The van der Waals surface area contributed by atoms with Gasteiger partial charge in [-0.25, -0.2) is 19.8 Å². The topological polar surface area (TPSA) is 122 Å². The smallest absolute Gasteiger partial charge is 0.475 e. The Hall–Kier alpha value is -4.28. The van der Waals surface area contributed by atoms with Gasteiger partial charge in [0.2, 0.25) is 0 Å². The monoisotopic (exact) mass is 457 g/mol. The van der Waals surface area contributed by atoms with Gasteiger partial charge < -0.3 is 10.8 Å². The first-order chi connectivity index (χ1) is 15.6. The first-order valence-corrected chi connectivity index (χ1v) is 9.42. The summed E-state index contributed by atoms with van der Waals surface area (Å²) in [5.41, 5.74) is 8.12. The van der Waals surface area contributed by atoms with Gasteiger partial charge in [-0.15, -0.1) is 0 Å². The molecule has 0 radical (unpaired) electrons. The molecule has 4 rings (SSSR count). The second kappa shape index (κ2) is 9.07. The number of halogens is 3. The molecular weight excluding hydrogens is 439 g/mol. The lowest BCUT2D eigenvalue weighted by atomic mass is 9.82. The number of carbonyl (C=O) groups is 2. The lowest BCUT2D eigenvalue weighted by Gasteiger charge is -2.26. The van der Waals surface area contributed by atoms with Gasteiger partial charge in [0.25, 0.3) is 5.91 Å². The van der Waals surface area contributed by atoms with Crippen molar-refractivity contribution in [1.82, 2.24) is 14.9 Å². The van der Waals surface area contributed by atoms with Crippen LogP contribution in [0.25, 0.3) is 11.1 Å². The molecule has 2 aromatic carbocycles. The second-order valence-corrected chi connectivity index (χ2v) is 6.92. The van der Waals surface area contributed by atoms with Crippen LogP contribution in [-0.2, 0) is 15.1 Å². The number of hydrogen-bond acceptors (Lipinski definition) is 6. The van der Waals surface area contributed by atoms with Crippen LogP contribution in [0.4, 0.5) is 13.2 Å². The highest BCUT2D eigenvalue weighted by molar-refractivity contribution is 6.09. The minimum Gasteiger partial charge on any atom is -0.475 e. The van der Waals surface area contributed by atoms with Crippen molar-refractivity contribution in [2.45, 2.75) is 11.7 Å². The fourth-order valence-corrected chi connectivity index (χ4v) is 3.24. The molecule has 1 aromatic heterocycles. The molecule has 2 heterocycles. The number of carbonyl (C=O) groups excluding carboxylic acids is 1. The van der Waals surface area contributed by atoms with Crippen LogP contribution in [0, 0.1) is 0 Å². The number of amides is 1. The molecule has 8 nitrogen and oxygen atoms in total. The minimum absolute atomic E-state index is 0.178. The molecule has 0 saturated carbocycles. The largest absolute Gasteiger partial charge is 0.490 e. The Kier molecular flexibility index (Phi) is 6.43. The molecule has 1 aliphatic rings. The molecule has 3 aromatic rings. The number of rotatable bonds is 3. The molecule has 11 heteroatoms. The molecule has 0 saturated heterocycles. The number of guanidine groups is 1. The molecule has 170 valence electrons. The fourth-order valence-electron chi connectivity index (χ4n) is 3.24. The molecule has 0 spiro atoms. The van der Waals surface area contributed by atoms with Gasteiger partial charge in [0.1, 0.15) is 6.33 Å². The Morgan fingerprint density at radius 2 is 1.58 bits per heavy atom. The molecule has 1 unspecified atom stereocenters. The molecule has 0 bridgehead atoms. The number of carboxylic acid groups (broad SMARTS) is 1. The van der Waals surface area contributed by atoms with Gasteiger partial charge in [-0.2, -0.15) is 13.2 Å². The zero-order valence-corrected chi connectivity index (χ0v) is 17.2. The summed E-state index contributed by atoms with van der Waals surface area (Å²) in [6, 6.07) is 17.2. The van der Waals surface area contributed by atoms with E-state index in [0.29, 0.717) is 0 Å². The average Bonchev–Trinajstić information content (AvgIpc) is 3.05. The third-order valence-corrected chi connectivity index (χ3v) is 4.85. The number of aliphatic imine (C=N–C) groups is 1. The molecule has 33 heavy (non-hydrogen) atoms. The van der Waals surface area contributed by atoms with Gasteiger partial charge in [0.15, 0.2) is 11.5 Å². The van der Waals surface area contributed by atoms with E-state index in [2.05, 4.69) is 15.0 Å². The standard InChI is InChI=1S/C20H17N5O.C2HF3O2/c1-25-18(26)20(24-19(25)21,16-7-3-2-4-8-16)17-9-5-6-14(10-17)15-11-22-13-23-12-15;3-2(4,5)1(6)7/h2-13H,1H3,(H2,21,24);(H,6,7). The Morgan fingerprint density at radius 3 is 2.09 bits per heavy atom. The van der Waals surface area contributed by atoms with Crippen LogP contribution in [0.2, 0.25) is 0 Å². The molecule has 1 amide bonds. The first kappa shape index (κ1) is 23.4. The lowest BCUT2D eigenvalue weighted by molar-refractivity contribution is -0.192. The average molecular weight is 457 g/mol. The van der Waals surface area contributed by atoms with Crippen molar-refractivity contribution in [3.63, 3.8) is 0 Å². The number of likely N-dealkylation sites (N-methyl/N-ethyl adjacent to an activating group) is 1. The van der Waals surface area contributed by atoms with Gasteiger partial charge in [-0.1, -0.05) is 48.5 Å². The summed E-state index contributed by atoms with van der Waals surface area (Å²) in [5.74, 6) is -2.73. The van der Waals surface area contributed by atoms with Crippen molar-refractivity contribution >= 4 is 17.8 Å². The maximum atomic E-state index is 13.2. The summed E-state index contributed by atoms with van der Waals surface area (Å²) < 4.78 is 31.7. The fraction of sp³-hybridized carbons (Fsp3) is 0.136. The molecular formula is C22H18F3N5O3. The van der Waals surface area contributed by atoms with E-state index < -0.39 is 17.7 Å². The van der Waals surface area contributed by atoms with E-state index in [9.17, 15) is 18.0 Å². The van der Waals surface area contributed by atoms with Crippen LogP contribution >= 0.6 is 0 Å². The predicted molar refractivity (Wildman–Crippen MR) is 113 cm³/mol. The normalized spacial score (nSPS) is 17.8. The molecule has 1 aliphatic heterocycles. The number of aromatic nitrogens is 2. The van der Waals surface area contributed by atoms with E-state index in [0.717, 1.165) is 22.3 Å². The van der Waals surface area contributed by atoms with Crippen molar-refractivity contribution in [2.75, 3.05) is 7.05 Å². The van der Waals surface area contributed by atoms with E-state index >= 15 is 0 Å². The van der Waals surface area contributed by atoms with E-state index in [-0.39, 0.29) is 11.9 Å². The highest BCUT2D eigenvalue weighted by atomic mass is 19.4. The maximum absolute atomic E-state index is 13.2. The summed E-state index contributed by atoms with van der Waals surface area (Å²) >= 11 is 0. The van der Waals surface area contributed by atoms with Gasteiger partial charge in [-0.05, 0) is 22.8 Å². The highest BCUT2D eigenvalue weighted by Gasteiger charge is 2.49. The number of benzene rings is 2. The lowest BCUT2D eigenvalue weighted by Crippen LogP contribution is -2.41. The number of carboxylic acids is 1. The zero-order valence-electron chi connectivity index (χ0n) is 17.2. The molecule has 1 atom stereocenters. The van der Waals surface area contributed by atoms with E-state index in [1.54, 1.807) is 19.4 Å². The van der Waals surface area contributed by atoms with Crippen LogP contribution < -0.4 is 5.73 Å². The van der Waals surface area contributed by atoms with Crippen LogP contribution in [0.3, 0.4) is 0 Å². The third-order valence-electron chi connectivity index (χ3n) is 4.85. The summed E-state index contributed by atoms with van der Waals surface area (Å²) in [6.45, 7) is 0. The van der Waals surface area contributed by atoms with Crippen molar-refractivity contribution in [2.24, 2.45) is 10.7 Å². The summed E-state index contributed by atoms with van der Waals surface area (Å²) in [5, 5.41) is 7.12. The molecule has 3 N–H and O–H groups in total. The number of nitrogens with zero attached hydrogens (tertiary/aromatic N) is 4. The van der Waals surface area contributed by atoms with Crippen molar-refractivity contribution in [3.05, 3.63) is 84.4 Å². The summed E-state index contributed by atoms with van der Waals surface area (Å²) in [6.07, 6.45) is -0.123. The third kappa shape index (κ3) is 4.66. The second-order valence-electron chi connectivity index (χ2n) is 6.92. The Labute approximate surface area is 186 Å². The summed E-state index contributed by atoms with van der Waals surface area (Å²) in [4.78, 5) is 36.2. The number of aliphatic carboxylic acids is 1. The predicted octanol–water partition coefficient (Wildman–Crippen LogP) is 2.81. The number of hydrogen-bond donors (Lipinski definition) is 2. The van der Waals surface area contributed by atoms with E-state index in [1.807, 2.05) is 54.6 Å². The summed E-state index contributed by atoms with van der Waals surface area (Å²) in [7, 11) is 1.64. The van der Waals surface area contributed by atoms with Crippen LogP contribution in [0.15, 0.2) is 78.3 Å². The van der Waals surface area contributed by atoms with Crippen LogP contribution in [-0.4, -0.2) is 51.0 Å². The molecule has 0 fully saturated rings. The zero-order chi connectivity index (χ0) is 24.2. The minimum atomic E-state index is -5.08. The van der Waals surface area contributed by atoms with E-state index in [1.165, 1.54) is 11.2 Å². The van der Waals surface area contributed by atoms with Gasteiger partial charge in [0, 0.05) is 25.0 Å². The highest BCUT2D eigenvalue weighted by Crippen LogP contribution is 2.40. The van der Waals surface area contributed by atoms with Gasteiger partial charge >= 0.3 is 12.1 Å². The Morgan fingerprint density at radius 1 is 1.00 bits per heavy atom. The first-order valence-electron chi connectivity index (χ1n) is 9.42. The van der Waals surface area contributed by atoms with Crippen molar-refractivity contribution in [3.8, 4) is 11.1 Å². The van der Waals surface area contributed by atoms with Crippen LogP contribution in [0.5, 0.6) is 0 Å². The SMILES string of the molecule is CN1C(=O)C(c2ccccc2)(c2cccc(-c3cncnc3)c2)N=C1N.O=C(O)C(F)(F)F.